The highest BCUT2D eigenvalue weighted by Crippen LogP contribution is 2.27. The Balaban J connectivity index is 2.21. The van der Waals surface area contributed by atoms with E-state index in [0.29, 0.717) is 12.0 Å². The van der Waals surface area contributed by atoms with E-state index in [9.17, 15) is 0 Å². The van der Waals surface area contributed by atoms with Gasteiger partial charge in [0.2, 0.25) is 0 Å². The second-order valence-corrected chi connectivity index (χ2v) is 6.88. The lowest BCUT2D eigenvalue weighted by Crippen LogP contribution is -2.45. The lowest BCUT2D eigenvalue weighted by Gasteiger charge is -2.30. The Morgan fingerprint density at radius 1 is 1.24 bits per heavy atom. The molecular weight excluding hydrogens is 278 g/mol. The molecule has 21 heavy (non-hydrogen) atoms. The summed E-state index contributed by atoms with van der Waals surface area (Å²) in [6, 6.07) is 9.04. The molecule has 2 atom stereocenters. The summed E-state index contributed by atoms with van der Waals surface area (Å²) in [6.07, 6.45) is 2.42. The van der Waals surface area contributed by atoms with E-state index < -0.39 is 0 Å². The van der Waals surface area contributed by atoms with Crippen molar-refractivity contribution in [2.75, 3.05) is 13.7 Å². The Hall–Kier alpha value is -0.900. The van der Waals surface area contributed by atoms with Gasteiger partial charge in [-0.05, 0) is 47.7 Å². The first-order valence-corrected chi connectivity index (χ1v) is 8.76. The van der Waals surface area contributed by atoms with Gasteiger partial charge in [0.05, 0.1) is 6.10 Å². The van der Waals surface area contributed by atoms with Crippen molar-refractivity contribution < 1.29 is 4.74 Å². The summed E-state index contributed by atoms with van der Waals surface area (Å²) >= 11 is 1.84. The topological polar surface area (TPSA) is 21.3 Å². The average Bonchev–Trinajstić information content (AvgIpc) is 2.88. The molecule has 1 N–H and O–H groups in total. The Kier molecular flexibility index (Phi) is 6.22. The van der Waals surface area contributed by atoms with Gasteiger partial charge < -0.3 is 10.1 Å². The van der Waals surface area contributed by atoms with Crippen molar-refractivity contribution in [2.24, 2.45) is 5.92 Å². The standard InChI is InChI=1S/C18H27NOS/c1-5-10-19-16(18(20-4)13(2)3)11-14-12-21-17-9-7-6-8-15(14)17/h6-9,12-13,16,18-19H,5,10-11H2,1-4H3. The fraction of sp³-hybridized carbons (Fsp3) is 0.556. The van der Waals surface area contributed by atoms with E-state index in [1.807, 2.05) is 18.4 Å². The van der Waals surface area contributed by atoms with Gasteiger partial charge in [0.1, 0.15) is 0 Å². The summed E-state index contributed by atoms with van der Waals surface area (Å²) in [4.78, 5) is 0. The molecule has 1 heterocycles. The van der Waals surface area contributed by atoms with Gasteiger partial charge in [-0.2, -0.15) is 0 Å². The lowest BCUT2D eigenvalue weighted by molar-refractivity contribution is 0.0334. The number of benzene rings is 1. The number of methoxy groups -OCH3 is 1. The summed E-state index contributed by atoms with van der Waals surface area (Å²) in [5.74, 6) is 0.509. The van der Waals surface area contributed by atoms with Crippen molar-refractivity contribution in [3.8, 4) is 0 Å². The Morgan fingerprint density at radius 3 is 2.67 bits per heavy atom. The van der Waals surface area contributed by atoms with E-state index in [1.54, 1.807) is 0 Å². The third-order valence-corrected chi connectivity index (χ3v) is 5.00. The monoisotopic (exact) mass is 305 g/mol. The van der Waals surface area contributed by atoms with Crippen molar-refractivity contribution in [2.45, 2.75) is 45.8 Å². The second-order valence-electron chi connectivity index (χ2n) is 5.97. The number of hydrogen-bond acceptors (Lipinski definition) is 3. The van der Waals surface area contributed by atoms with Crippen LogP contribution in [0.3, 0.4) is 0 Å². The number of thiophene rings is 1. The molecule has 2 aromatic rings. The SMILES string of the molecule is CCCNC(Cc1csc2ccccc12)C(OC)C(C)C. The maximum absolute atomic E-state index is 5.77. The number of hydrogen-bond donors (Lipinski definition) is 1. The van der Waals surface area contributed by atoms with Crippen molar-refractivity contribution in [1.82, 2.24) is 5.32 Å². The highest BCUT2D eigenvalue weighted by Gasteiger charge is 2.24. The molecule has 0 aliphatic heterocycles. The molecule has 0 saturated carbocycles. The highest BCUT2D eigenvalue weighted by atomic mass is 32.1. The molecule has 0 saturated heterocycles. The van der Waals surface area contributed by atoms with E-state index in [2.05, 4.69) is 55.7 Å². The van der Waals surface area contributed by atoms with Crippen LogP contribution in [0, 0.1) is 5.92 Å². The minimum atomic E-state index is 0.246. The first kappa shape index (κ1) is 16.5. The molecule has 116 valence electrons. The molecule has 2 rings (SSSR count). The van der Waals surface area contributed by atoms with Gasteiger partial charge in [-0.25, -0.2) is 0 Å². The number of nitrogens with one attached hydrogen (secondary N) is 1. The molecule has 0 bridgehead atoms. The van der Waals surface area contributed by atoms with Crippen LogP contribution in [0.1, 0.15) is 32.8 Å². The fourth-order valence-electron chi connectivity index (χ4n) is 2.96. The fourth-order valence-corrected chi connectivity index (χ4v) is 3.94. The molecule has 0 fully saturated rings. The molecule has 0 spiro atoms. The Morgan fingerprint density at radius 2 is 2.00 bits per heavy atom. The number of fused-ring (bicyclic) bond motifs is 1. The summed E-state index contributed by atoms with van der Waals surface area (Å²) in [7, 11) is 1.83. The van der Waals surface area contributed by atoms with Crippen LogP contribution in [0.5, 0.6) is 0 Å². The maximum atomic E-state index is 5.77. The second kappa shape index (κ2) is 7.92. The third-order valence-electron chi connectivity index (χ3n) is 3.98. The lowest BCUT2D eigenvalue weighted by atomic mass is 9.93. The predicted octanol–water partition coefficient (Wildman–Crippen LogP) is 4.48. The van der Waals surface area contributed by atoms with Gasteiger partial charge in [-0.1, -0.05) is 39.0 Å². The zero-order valence-electron chi connectivity index (χ0n) is 13.6. The van der Waals surface area contributed by atoms with Crippen LogP contribution in [-0.2, 0) is 11.2 Å². The molecule has 0 aliphatic rings. The van der Waals surface area contributed by atoms with E-state index in [0.717, 1.165) is 19.4 Å². The third kappa shape index (κ3) is 4.06. The molecule has 2 unspecified atom stereocenters. The molecule has 0 amide bonds. The van der Waals surface area contributed by atoms with E-state index >= 15 is 0 Å². The minimum Gasteiger partial charge on any atom is -0.380 e. The van der Waals surface area contributed by atoms with Crippen LogP contribution in [0.2, 0.25) is 0 Å². The highest BCUT2D eigenvalue weighted by molar-refractivity contribution is 7.17. The summed E-state index contributed by atoms with van der Waals surface area (Å²) < 4.78 is 7.15. The average molecular weight is 305 g/mol. The molecule has 0 radical (unpaired) electrons. The van der Waals surface area contributed by atoms with Gasteiger partial charge >= 0.3 is 0 Å². The summed E-state index contributed by atoms with van der Waals surface area (Å²) in [5.41, 5.74) is 1.44. The molecule has 1 aromatic carbocycles. The van der Waals surface area contributed by atoms with Crippen LogP contribution < -0.4 is 5.32 Å². The van der Waals surface area contributed by atoms with Crippen LogP contribution in [-0.4, -0.2) is 25.8 Å². The molecule has 2 nitrogen and oxygen atoms in total. The minimum absolute atomic E-state index is 0.246. The smallest absolute Gasteiger partial charge is 0.0750 e. The summed E-state index contributed by atoms with van der Waals surface area (Å²) in [5, 5.41) is 7.38. The number of ether oxygens (including phenoxy) is 1. The van der Waals surface area contributed by atoms with Crippen molar-refractivity contribution in [3.05, 3.63) is 35.2 Å². The van der Waals surface area contributed by atoms with Crippen LogP contribution in [0.15, 0.2) is 29.6 Å². The first-order valence-electron chi connectivity index (χ1n) is 7.88. The molecule has 1 aromatic heterocycles. The van der Waals surface area contributed by atoms with E-state index in [1.165, 1.54) is 15.6 Å². The van der Waals surface area contributed by atoms with Crippen LogP contribution >= 0.6 is 11.3 Å². The molecule has 0 aliphatic carbocycles. The van der Waals surface area contributed by atoms with E-state index in [4.69, 9.17) is 4.74 Å². The van der Waals surface area contributed by atoms with Gasteiger partial charge in [-0.15, -0.1) is 11.3 Å². The molecular formula is C18H27NOS. The number of rotatable bonds is 8. The van der Waals surface area contributed by atoms with Crippen molar-refractivity contribution in [1.29, 1.82) is 0 Å². The summed E-state index contributed by atoms with van der Waals surface area (Å²) in [6.45, 7) is 7.72. The largest absolute Gasteiger partial charge is 0.380 e. The van der Waals surface area contributed by atoms with Gasteiger partial charge in [0, 0.05) is 17.9 Å². The van der Waals surface area contributed by atoms with Crippen LogP contribution in [0.25, 0.3) is 10.1 Å². The van der Waals surface area contributed by atoms with Crippen molar-refractivity contribution >= 4 is 21.4 Å². The molecule has 3 heteroatoms. The Labute approximate surface area is 132 Å². The van der Waals surface area contributed by atoms with Crippen LogP contribution in [0.4, 0.5) is 0 Å². The van der Waals surface area contributed by atoms with Gasteiger partial charge in [-0.3, -0.25) is 0 Å². The zero-order valence-corrected chi connectivity index (χ0v) is 14.4. The van der Waals surface area contributed by atoms with Gasteiger partial charge in [0.25, 0.3) is 0 Å². The first-order chi connectivity index (χ1) is 10.2. The quantitative estimate of drug-likeness (QED) is 0.776. The maximum Gasteiger partial charge on any atom is 0.0750 e. The zero-order chi connectivity index (χ0) is 15.2. The van der Waals surface area contributed by atoms with E-state index in [-0.39, 0.29) is 6.10 Å². The predicted molar refractivity (Wildman–Crippen MR) is 93.2 cm³/mol. The van der Waals surface area contributed by atoms with Crippen molar-refractivity contribution in [3.63, 3.8) is 0 Å². The Bertz CT molecular complexity index is 549. The normalized spacial score (nSPS) is 14.7. The van der Waals surface area contributed by atoms with Gasteiger partial charge in [0.15, 0.2) is 0 Å².